The third-order valence-electron chi connectivity index (χ3n) is 4.14. The summed E-state index contributed by atoms with van der Waals surface area (Å²) in [6.07, 6.45) is 5.95. The molecule has 5 nitrogen and oxygen atoms in total. The van der Waals surface area contributed by atoms with Gasteiger partial charge in [0.15, 0.2) is 0 Å². The molecule has 1 fully saturated rings. The first-order valence-electron chi connectivity index (χ1n) is 8.21. The van der Waals surface area contributed by atoms with Crippen LogP contribution in [0, 0.1) is 0 Å². The second-order valence-corrected chi connectivity index (χ2v) is 6.32. The second-order valence-electron chi connectivity index (χ2n) is 6.32. The Bertz CT molecular complexity index is 338. The van der Waals surface area contributed by atoms with Crippen molar-refractivity contribution in [3.8, 4) is 0 Å². The molecule has 0 aromatic rings. The van der Waals surface area contributed by atoms with Gasteiger partial charge in [-0.1, -0.05) is 26.2 Å². The van der Waals surface area contributed by atoms with E-state index in [1.54, 1.807) is 0 Å². The van der Waals surface area contributed by atoms with E-state index in [-0.39, 0.29) is 17.9 Å². The number of hydrogen-bond donors (Lipinski definition) is 1. The molecule has 0 unspecified atom stereocenters. The first-order chi connectivity index (χ1) is 9.93. The van der Waals surface area contributed by atoms with Crippen molar-refractivity contribution in [2.75, 3.05) is 26.7 Å². The van der Waals surface area contributed by atoms with Crippen molar-refractivity contribution < 1.29 is 9.59 Å². The number of amides is 2. The van der Waals surface area contributed by atoms with Crippen LogP contribution in [0.2, 0.25) is 0 Å². The first-order valence-corrected chi connectivity index (χ1v) is 8.21. The number of nitrogens with one attached hydrogen (secondary N) is 1. The second kappa shape index (κ2) is 9.03. The molecule has 0 spiro atoms. The Labute approximate surface area is 129 Å². The summed E-state index contributed by atoms with van der Waals surface area (Å²) in [5.74, 6) is 0.112. The number of rotatable bonds is 7. The highest BCUT2D eigenvalue weighted by atomic mass is 16.2. The maximum atomic E-state index is 12.4. The molecule has 0 aromatic carbocycles. The van der Waals surface area contributed by atoms with E-state index in [0.29, 0.717) is 25.7 Å². The summed E-state index contributed by atoms with van der Waals surface area (Å²) in [6, 6.07) is 0.520. The van der Waals surface area contributed by atoms with Crippen LogP contribution < -0.4 is 5.32 Å². The van der Waals surface area contributed by atoms with Gasteiger partial charge >= 0.3 is 0 Å². The normalized spacial score (nSPS) is 16.3. The van der Waals surface area contributed by atoms with E-state index < -0.39 is 0 Å². The van der Waals surface area contributed by atoms with Crippen LogP contribution in [-0.2, 0) is 9.59 Å². The summed E-state index contributed by atoms with van der Waals surface area (Å²) >= 11 is 0. The molecule has 0 aliphatic heterocycles. The zero-order chi connectivity index (χ0) is 15.8. The molecule has 0 atom stereocenters. The number of carbonyl (C=O) groups is 2. The molecule has 122 valence electrons. The molecule has 1 aliphatic carbocycles. The lowest BCUT2D eigenvalue weighted by Crippen LogP contribution is -2.47. The summed E-state index contributed by atoms with van der Waals surface area (Å²) in [7, 11) is 1.90. The van der Waals surface area contributed by atoms with Gasteiger partial charge in [0.1, 0.15) is 0 Å². The van der Waals surface area contributed by atoms with E-state index in [2.05, 4.69) is 5.32 Å². The molecular weight excluding hydrogens is 266 g/mol. The topological polar surface area (TPSA) is 52.7 Å². The van der Waals surface area contributed by atoms with Crippen LogP contribution in [0.15, 0.2) is 0 Å². The molecule has 1 aliphatic rings. The number of carbonyl (C=O) groups excluding carboxylic acids is 2. The van der Waals surface area contributed by atoms with Crippen LogP contribution >= 0.6 is 0 Å². The molecule has 21 heavy (non-hydrogen) atoms. The summed E-state index contributed by atoms with van der Waals surface area (Å²) in [5.41, 5.74) is 0. The maximum absolute atomic E-state index is 12.4. The van der Waals surface area contributed by atoms with Gasteiger partial charge in [0.25, 0.3) is 0 Å². The van der Waals surface area contributed by atoms with Gasteiger partial charge in [0.2, 0.25) is 11.8 Å². The Morgan fingerprint density at radius 1 is 1.14 bits per heavy atom. The lowest BCUT2D eigenvalue weighted by molar-refractivity contribution is -0.134. The van der Waals surface area contributed by atoms with Crippen molar-refractivity contribution in [2.45, 2.75) is 65.0 Å². The molecule has 0 aromatic heterocycles. The van der Waals surface area contributed by atoms with Crippen LogP contribution in [-0.4, -0.2) is 60.4 Å². The quantitative estimate of drug-likeness (QED) is 0.777. The third-order valence-corrected chi connectivity index (χ3v) is 4.14. The fraction of sp³-hybridized carbons (Fsp3) is 0.875. The molecule has 2 amide bonds. The summed E-state index contributed by atoms with van der Waals surface area (Å²) < 4.78 is 0. The Kier molecular flexibility index (Phi) is 7.72. The fourth-order valence-corrected chi connectivity index (χ4v) is 2.83. The van der Waals surface area contributed by atoms with Gasteiger partial charge in [0.05, 0.1) is 13.1 Å². The van der Waals surface area contributed by atoms with Crippen molar-refractivity contribution >= 4 is 11.8 Å². The maximum Gasteiger partial charge on any atom is 0.236 e. The zero-order valence-electron chi connectivity index (χ0n) is 14.0. The van der Waals surface area contributed by atoms with Crippen molar-refractivity contribution in [3.63, 3.8) is 0 Å². The molecule has 0 saturated heterocycles. The standard InChI is InChI=1S/C16H31N3O2/c1-5-19(11-15(20)17-13(2)3)12-16(21)18(4)14-9-7-6-8-10-14/h13-14H,5-12H2,1-4H3,(H,17,20). The monoisotopic (exact) mass is 297 g/mol. The van der Waals surface area contributed by atoms with Gasteiger partial charge in [0, 0.05) is 19.1 Å². The zero-order valence-corrected chi connectivity index (χ0v) is 14.0. The average molecular weight is 297 g/mol. The molecule has 1 rings (SSSR count). The van der Waals surface area contributed by atoms with Gasteiger partial charge in [-0.15, -0.1) is 0 Å². The Morgan fingerprint density at radius 2 is 1.76 bits per heavy atom. The molecule has 0 heterocycles. The van der Waals surface area contributed by atoms with Crippen LogP contribution in [0.4, 0.5) is 0 Å². The van der Waals surface area contributed by atoms with Gasteiger partial charge in [-0.05, 0) is 33.2 Å². The minimum Gasteiger partial charge on any atom is -0.353 e. The van der Waals surface area contributed by atoms with E-state index in [1.807, 2.05) is 37.6 Å². The van der Waals surface area contributed by atoms with Crippen LogP contribution in [0.1, 0.15) is 52.9 Å². The Balaban J connectivity index is 2.43. The smallest absolute Gasteiger partial charge is 0.236 e. The predicted octanol–water partition coefficient (Wildman–Crippen LogP) is 1.62. The van der Waals surface area contributed by atoms with Crippen LogP contribution in [0.25, 0.3) is 0 Å². The van der Waals surface area contributed by atoms with Crippen molar-refractivity contribution in [1.29, 1.82) is 0 Å². The minimum absolute atomic E-state index is 0.0139. The first kappa shape index (κ1) is 18.0. The van der Waals surface area contributed by atoms with Crippen molar-refractivity contribution in [3.05, 3.63) is 0 Å². The van der Waals surface area contributed by atoms with E-state index in [1.165, 1.54) is 19.3 Å². The number of likely N-dealkylation sites (N-methyl/N-ethyl adjacent to an activating group) is 2. The van der Waals surface area contributed by atoms with Crippen LogP contribution in [0.5, 0.6) is 0 Å². The van der Waals surface area contributed by atoms with Gasteiger partial charge in [-0.25, -0.2) is 0 Å². The van der Waals surface area contributed by atoms with Crippen molar-refractivity contribution in [2.24, 2.45) is 0 Å². The number of nitrogens with zero attached hydrogens (tertiary/aromatic N) is 2. The fourth-order valence-electron chi connectivity index (χ4n) is 2.83. The lowest BCUT2D eigenvalue weighted by Gasteiger charge is -2.32. The molecule has 1 saturated carbocycles. The minimum atomic E-state index is -0.0139. The van der Waals surface area contributed by atoms with E-state index in [9.17, 15) is 9.59 Å². The Hall–Kier alpha value is -1.10. The highest BCUT2D eigenvalue weighted by Gasteiger charge is 2.23. The molecule has 0 bridgehead atoms. The SMILES string of the molecule is CCN(CC(=O)NC(C)C)CC(=O)N(C)C1CCCCC1. The van der Waals surface area contributed by atoms with E-state index in [4.69, 9.17) is 0 Å². The van der Waals surface area contributed by atoms with Gasteiger partial charge < -0.3 is 10.2 Å². The molecule has 1 N–H and O–H groups in total. The molecule has 0 radical (unpaired) electrons. The molecule has 5 heteroatoms. The highest BCUT2D eigenvalue weighted by Crippen LogP contribution is 2.21. The summed E-state index contributed by atoms with van der Waals surface area (Å²) in [5, 5.41) is 2.87. The predicted molar refractivity (Wildman–Crippen MR) is 85.0 cm³/mol. The van der Waals surface area contributed by atoms with Crippen LogP contribution in [0.3, 0.4) is 0 Å². The van der Waals surface area contributed by atoms with E-state index >= 15 is 0 Å². The largest absolute Gasteiger partial charge is 0.353 e. The van der Waals surface area contributed by atoms with Crippen molar-refractivity contribution in [1.82, 2.24) is 15.1 Å². The lowest BCUT2D eigenvalue weighted by atomic mass is 9.94. The number of hydrogen-bond acceptors (Lipinski definition) is 3. The van der Waals surface area contributed by atoms with Gasteiger partial charge in [-0.2, -0.15) is 0 Å². The summed E-state index contributed by atoms with van der Waals surface area (Å²) in [4.78, 5) is 28.0. The highest BCUT2D eigenvalue weighted by molar-refractivity contribution is 5.81. The summed E-state index contributed by atoms with van der Waals surface area (Å²) in [6.45, 7) is 7.19. The molecular formula is C16H31N3O2. The Morgan fingerprint density at radius 3 is 2.29 bits per heavy atom. The van der Waals surface area contributed by atoms with Gasteiger partial charge in [-0.3, -0.25) is 14.5 Å². The third kappa shape index (κ3) is 6.46. The van der Waals surface area contributed by atoms with E-state index in [0.717, 1.165) is 12.8 Å². The average Bonchev–Trinajstić information content (AvgIpc) is 2.45.